The Bertz CT molecular complexity index is 1150. The van der Waals surface area contributed by atoms with Crippen LogP contribution in [0, 0.1) is 5.92 Å². The summed E-state index contributed by atoms with van der Waals surface area (Å²) in [5, 5.41) is 0.918. The van der Waals surface area contributed by atoms with Gasteiger partial charge in [-0.25, -0.2) is 0 Å². The number of aromatic nitrogens is 1. The highest BCUT2D eigenvalue weighted by Gasteiger charge is 2.35. The minimum atomic E-state index is -0.00361. The molecule has 2 aliphatic heterocycles. The molecule has 1 aromatic carbocycles. The lowest BCUT2D eigenvalue weighted by Crippen LogP contribution is -2.51. The van der Waals surface area contributed by atoms with Crippen LogP contribution in [-0.2, 0) is 4.79 Å². The highest BCUT2D eigenvalue weighted by Crippen LogP contribution is 2.32. The second-order valence-electron chi connectivity index (χ2n) is 11.1. The van der Waals surface area contributed by atoms with Crippen LogP contribution >= 0.6 is 0 Å². The minimum absolute atomic E-state index is 0.00361. The average molecular weight is 494 g/mol. The molecule has 1 saturated carbocycles. The summed E-state index contributed by atoms with van der Waals surface area (Å²) in [6.45, 7) is 14.1. The Morgan fingerprint density at radius 3 is 1.89 bits per heavy atom. The maximum atomic E-state index is 13.6. The van der Waals surface area contributed by atoms with Crippen molar-refractivity contribution in [2.45, 2.75) is 52.6 Å². The Labute approximate surface area is 213 Å². The number of rotatable bonds is 5. The van der Waals surface area contributed by atoms with Gasteiger partial charge in [0.05, 0.1) is 0 Å². The van der Waals surface area contributed by atoms with E-state index in [1.165, 1.54) is 0 Å². The first-order valence-electron chi connectivity index (χ1n) is 13.5. The van der Waals surface area contributed by atoms with Gasteiger partial charge in [-0.1, -0.05) is 0 Å². The number of amides is 3. The monoisotopic (exact) mass is 493 g/mol. The van der Waals surface area contributed by atoms with Crippen molar-refractivity contribution in [2.24, 2.45) is 5.92 Å². The van der Waals surface area contributed by atoms with Crippen LogP contribution in [0.3, 0.4) is 0 Å². The normalized spacial score (nSPS) is 19.6. The van der Waals surface area contributed by atoms with Gasteiger partial charge in [-0.05, 0) is 64.8 Å². The molecule has 0 N–H and O–H groups in total. The fourth-order valence-electron chi connectivity index (χ4n) is 5.59. The van der Waals surface area contributed by atoms with Crippen molar-refractivity contribution in [3.05, 3.63) is 35.5 Å². The molecule has 5 rings (SSSR count). The molecule has 1 aliphatic carbocycles. The predicted octanol–water partition coefficient (Wildman–Crippen LogP) is 3.08. The lowest BCUT2D eigenvalue weighted by molar-refractivity contribution is -0.134. The van der Waals surface area contributed by atoms with E-state index in [1.807, 2.05) is 39.0 Å². The van der Waals surface area contributed by atoms with Crippen LogP contribution in [0.5, 0.6) is 0 Å². The molecule has 0 radical (unpaired) electrons. The van der Waals surface area contributed by atoms with E-state index in [0.717, 1.165) is 49.9 Å². The molecule has 3 fully saturated rings. The lowest BCUT2D eigenvalue weighted by atomic mass is 10.1. The smallest absolute Gasteiger partial charge is 0.270 e. The Balaban J connectivity index is 1.33. The first-order chi connectivity index (χ1) is 17.2. The molecular weight excluding hydrogens is 454 g/mol. The van der Waals surface area contributed by atoms with Crippen LogP contribution < -0.4 is 0 Å². The molecule has 2 aromatic rings. The third-order valence-electron chi connectivity index (χ3n) is 7.96. The number of carbonyl (C=O) groups excluding carboxylic acids is 3. The minimum Gasteiger partial charge on any atom is -0.339 e. The van der Waals surface area contributed by atoms with Crippen LogP contribution in [0.4, 0.5) is 0 Å². The predicted molar refractivity (Wildman–Crippen MR) is 140 cm³/mol. The zero-order valence-electron chi connectivity index (χ0n) is 22.1. The van der Waals surface area contributed by atoms with Gasteiger partial charge in [0.15, 0.2) is 0 Å². The van der Waals surface area contributed by atoms with Crippen LogP contribution in [0.2, 0.25) is 0 Å². The first kappa shape index (κ1) is 24.8. The van der Waals surface area contributed by atoms with E-state index in [0.29, 0.717) is 43.5 Å². The Hall–Kier alpha value is -2.87. The molecule has 3 heterocycles. The molecule has 194 valence electrons. The van der Waals surface area contributed by atoms with E-state index >= 15 is 0 Å². The maximum Gasteiger partial charge on any atom is 0.270 e. The topological polar surface area (TPSA) is 69.1 Å². The summed E-state index contributed by atoms with van der Waals surface area (Å²) in [6, 6.07) is 8.35. The molecule has 0 atom stereocenters. The van der Waals surface area contributed by atoms with E-state index in [-0.39, 0.29) is 29.7 Å². The number of carbonyl (C=O) groups is 3. The summed E-state index contributed by atoms with van der Waals surface area (Å²) in [7, 11) is 0. The second-order valence-corrected chi connectivity index (χ2v) is 11.1. The maximum absolute atomic E-state index is 13.6. The molecule has 8 nitrogen and oxygen atoms in total. The van der Waals surface area contributed by atoms with Gasteiger partial charge in [0.1, 0.15) is 5.69 Å². The average Bonchev–Trinajstić information content (AvgIpc) is 3.66. The Kier molecular flexibility index (Phi) is 6.81. The Morgan fingerprint density at radius 1 is 0.722 bits per heavy atom. The molecule has 1 aromatic heterocycles. The summed E-state index contributed by atoms with van der Waals surface area (Å²) in [4.78, 5) is 47.4. The van der Waals surface area contributed by atoms with Crippen LogP contribution in [0.15, 0.2) is 24.3 Å². The van der Waals surface area contributed by atoms with Gasteiger partial charge >= 0.3 is 0 Å². The summed E-state index contributed by atoms with van der Waals surface area (Å²) in [5.41, 5.74) is 2.29. The van der Waals surface area contributed by atoms with Gasteiger partial charge in [-0.2, -0.15) is 0 Å². The highest BCUT2D eigenvalue weighted by molar-refractivity contribution is 6.02. The number of fused-ring (bicyclic) bond motifs is 1. The van der Waals surface area contributed by atoms with E-state index in [2.05, 4.69) is 37.2 Å². The summed E-state index contributed by atoms with van der Waals surface area (Å²) in [5.74, 6) is 0.519. The van der Waals surface area contributed by atoms with E-state index in [1.54, 1.807) is 0 Å². The molecule has 3 amide bonds. The van der Waals surface area contributed by atoms with Crippen molar-refractivity contribution in [1.82, 2.24) is 24.2 Å². The lowest BCUT2D eigenvalue weighted by Gasteiger charge is -2.37. The van der Waals surface area contributed by atoms with Crippen molar-refractivity contribution >= 4 is 28.6 Å². The number of hydrogen-bond acceptors (Lipinski definition) is 4. The van der Waals surface area contributed by atoms with Crippen LogP contribution in [0.1, 0.15) is 67.4 Å². The third kappa shape index (κ3) is 4.75. The van der Waals surface area contributed by atoms with Gasteiger partial charge in [0.25, 0.3) is 11.8 Å². The summed E-state index contributed by atoms with van der Waals surface area (Å²) < 4.78 is 2.08. The van der Waals surface area contributed by atoms with Gasteiger partial charge in [0, 0.05) is 86.8 Å². The van der Waals surface area contributed by atoms with Crippen molar-refractivity contribution in [1.29, 1.82) is 0 Å². The van der Waals surface area contributed by atoms with Crippen LogP contribution in [-0.4, -0.2) is 100 Å². The van der Waals surface area contributed by atoms with Gasteiger partial charge in [0.2, 0.25) is 5.91 Å². The number of benzene rings is 1. The zero-order chi connectivity index (χ0) is 25.6. The molecular formula is C28H39N5O3. The standard InChI is InChI=1S/C28H39N5O3/c1-19(2)29-9-11-31(12-10-29)27(35)22-7-8-24-23(17-22)18-25(33(24)20(3)4)28(36)32-15-13-30(14-16-32)26(34)21-5-6-21/h7-8,17-21H,5-6,9-16H2,1-4H3. The zero-order valence-corrected chi connectivity index (χ0v) is 22.1. The third-order valence-corrected chi connectivity index (χ3v) is 7.96. The molecule has 0 unspecified atom stereocenters. The number of piperazine rings is 2. The fourth-order valence-corrected chi connectivity index (χ4v) is 5.59. The molecule has 2 saturated heterocycles. The fraction of sp³-hybridized carbons (Fsp3) is 0.607. The number of hydrogen-bond donors (Lipinski definition) is 0. The van der Waals surface area contributed by atoms with E-state index in [9.17, 15) is 14.4 Å². The molecule has 0 bridgehead atoms. The van der Waals surface area contributed by atoms with Crippen molar-refractivity contribution < 1.29 is 14.4 Å². The molecule has 8 heteroatoms. The van der Waals surface area contributed by atoms with Gasteiger partial charge in [-0.15, -0.1) is 0 Å². The van der Waals surface area contributed by atoms with E-state index in [4.69, 9.17) is 0 Å². The quantitative estimate of drug-likeness (QED) is 0.642. The van der Waals surface area contributed by atoms with Crippen molar-refractivity contribution in [3.8, 4) is 0 Å². The van der Waals surface area contributed by atoms with Gasteiger partial charge in [-0.3, -0.25) is 19.3 Å². The van der Waals surface area contributed by atoms with Crippen molar-refractivity contribution in [3.63, 3.8) is 0 Å². The SMILES string of the molecule is CC(C)N1CCN(C(=O)c2ccc3c(c2)cc(C(=O)N2CCN(C(=O)C4CC4)CC2)n3C(C)C)CC1. The number of nitrogens with zero attached hydrogens (tertiary/aromatic N) is 5. The highest BCUT2D eigenvalue weighted by atomic mass is 16.2. The van der Waals surface area contributed by atoms with Crippen LogP contribution in [0.25, 0.3) is 10.9 Å². The molecule has 36 heavy (non-hydrogen) atoms. The first-order valence-corrected chi connectivity index (χ1v) is 13.5. The van der Waals surface area contributed by atoms with Gasteiger partial charge < -0.3 is 19.3 Å². The molecule has 3 aliphatic rings. The summed E-state index contributed by atoms with van der Waals surface area (Å²) in [6.07, 6.45) is 2.01. The van der Waals surface area contributed by atoms with Crippen molar-refractivity contribution in [2.75, 3.05) is 52.4 Å². The Morgan fingerprint density at radius 2 is 1.31 bits per heavy atom. The largest absolute Gasteiger partial charge is 0.339 e. The molecule has 0 spiro atoms. The second kappa shape index (κ2) is 9.88. The van der Waals surface area contributed by atoms with E-state index < -0.39 is 0 Å². The summed E-state index contributed by atoms with van der Waals surface area (Å²) >= 11 is 0.